The molecule has 0 fully saturated rings. The lowest BCUT2D eigenvalue weighted by Crippen LogP contribution is -2.19. The van der Waals surface area contributed by atoms with E-state index in [1.165, 1.54) is 6.20 Å². The zero-order valence-corrected chi connectivity index (χ0v) is 10.1. The normalized spacial score (nSPS) is 12.2. The van der Waals surface area contributed by atoms with Gasteiger partial charge in [-0.3, -0.25) is 5.43 Å². The maximum absolute atomic E-state index is 5.94. The van der Waals surface area contributed by atoms with Gasteiger partial charge in [0.15, 0.2) is 5.82 Å². The second-order valence-electron chi connectivity index (χ2n) is 3.36. The molecule has 1 aromatic heterocycles. The van der Waals surface area contributed by atoms with E-state index >= 15 is 0 Å². The number of nitrogens with one attached hydrogen (secondary N) is 2. The van der Waals surface area contributed by atoms with Gasteiger partial charge in [-0.05, 0) is 13.3 Å². The van der Waals surface area contributed by atoms with Crippen LogP contribution in [0.1, 0.15) is 13.3 Å². The van der Waals surface area contributed by atoms with Gasteiger partial charge in [-0.1, -0.05) is 11.6 Å². The van der Waals surface area contributed by atoms with Crippen molar-refractivity contribution in [2.75, 3.05) is 24.5 Å². The molecule has 0 aliphatic heterocycles. The lowest BCUT2D eigenvalue weighted by Gasteiger charge is -2.15. The van der Waals surface area contributed by atoms with Gasteiger partial charge in [0, 0.05) is 19.8 Å². The summed E-state index contributed by atoms with van der Waals surface area (Å²) in [6.45, 7) is 2.70. The van der Waals surface area contributed by atoms with E-state index in [1.54, 1.807) is 7.11 Å². The molecule has 1 rings (SSSR count). The van der Waals surface area contributed by atoms with Crippen LogP contribution in [-0.2, 0) is 4.74 Å². The van der Waals surface area contributed by atoms with Gasteiger partial charge in [0.1, 0.15) is 5.02 Å². The zero-order chi connectivity index (χ0) is 12.0. The van der Waals surface area contributed by atoms with Crippen molar-refractivity contribution in [2.45, 2.75) is 19.4 Å². The van der Waals surface area contributed by atoms with Gasteiger partial charge in [0.2, 0.25) is 5.95 Å². The molecule has 7 heteroatoms. The predicted octanol–water partition coefficient (Wildman–Crippen LogP) is 1.25. The van der Waals surface area contributed by atoms with E-state index in [4.69, 9.17) is 22.2 Å². The maximum Gasteiger partial charge on any atom is 0.239 e. The topological polar surface area (TPSA) is 85.1 Å². The number of nitrogen functional groups attached to an aromatic ring is 1. The minimum Gasteiger partial charge on any atom is -0.385 e. The molecule has 0 saturated carbocycles. The third kappa shape index (κ3) is 3.80. The average molecular weight is 246 g/mol. The Labute approximate surface area is 99.5 Å². The molecule has 0 bridgehead atoms. The first-order valence-electron chi connectivity index (χ1n) is 4.92. The van der Waals surface area contributed by atoms with E-state index in [9.17, 15) is 0 Å². The SMILES string of the molecule is COCCC(C)Nc1nc(NN)ncc1Cl. The summed E-state index contributed by atoms with van der Waals surface area (Å²) in [5.41, 5.74) is 2.37. The number of halogens is 1. The molecule has 0 aliphatic rings. The molecule has 0 aliphatic carbocycles. The van der Waals surface area contributed by atoms with Crippen LogP contribution in [0.3, 0.4) is 0 Å². The van der Waals surface area contributed by atoms with Gasteiger partial charge in [-0.25, -0.2) is 10.8 Å². The fourth-order valence-electron chi connectivity index (χ4n) is 1.14. The van der Waals surface area contributed by atoms with Crippen molar-refractivity contribution in [1.29, 1.82) is 0 Å². The first-order valence-corrected chi connectivity index (χ1v) is 5.29. The molecule has 0 aromatic carbocycles. The summed E-state index contributed by atoms with van der Waals surface area (Å²) in [4.78, 5) is 7.99. The van der Waals surface area contributed by atoms with E-state index in [2.05, 4.69) is 20.7 Å². The Morgan fingerprint density at radius 2 is 2.38 bits per heavy atom. The predicted molar refractivity (Wildman–Crippen MR) is 64.4 cm³/mol. The van der Waals surface area contributed by atoms with Crippen LogP contribution in [0.15, 0.2) is 6.20 Å². The largest absolute Gasteiger partial charge is 0.385 e. The highest BCUT2D eigenvalue weighted by Crippen LogP contribution is 2.20. The van der Waals surface area contributed by atoms with E-state index in [0.29, 0.717) is 23.4 Å². The minimum atomic E-state index is 0.206. The monoisotopic (exact) mass is 245 g/mol. The summed E-state index contributed by atoms with van der Waals surface area (Å²) in [5, 5.41) is 3.62. The van der Waals surface area contributed by atoms with Gasteiger partial charge in [-0.2, -0.15) is 4.98 Å². The minimum absolute atomic E-state index is 0.206. The standard InChI is InChI=1S/C9H16ClN5O/c1-6(3-4-16-2)13-8-7(10)5-12-9(14-8)15-11/h5-6H,3-4,11H2,1-2H3,(H2,12,13,14,15). The highest BCUT2D eigenvalue weighted by molar-refractivity contribution is 6.32. The van der Waals surface area contributed by atoms with E-state index < -0.39 is 0 Å². The molecule has 1 heterocycles. The quantitative estimate of drug-likeness (QED) is 0.517. The lowest BCUT2D eigenvalue weighted by molar-refractivity contribution is 0.191. The lowest BCUT2D eigenvalue weighted by atomic mass is 10.2. The average Bonchev–Trinajstić information content (AvgIpc) is 2.29. The Hall–Kier alpha value is -1.11. The molecule has 4 N–H and O–H groups in total. The molecular formula is C9H16ClN5O. The third-order valence-corrected chi connectivity index (χ3v) is 2.29. The number of nitrogens with zero attached hydrogens (tertiary/aromatic N) is 2. The zero-order valence-electron chi connectivity index (χ0n) is 9.33. The molecule has 6 nitrogen and oxygen atoms in total. The number of rotatable bonds is 6. The molecule has 16 heavy (non-hydrogen) atoms. The number of aromatic nitrogens is 2. The molecule has 90 valence electrons. The third-order valence-electron chi connectivity index (χ3n) is 2.01. The van der Waals surface area contributed by atoms with Crippen LogP contribution in [0, 0.1) is 0 Å². The summed E-state index contributed by atoms with van der Waals surface area (Å²) in [5.74, 6) is 6.10. The number of nitrogens with two attached hydrogens (primary N) is 1. The first-order chi connectivity index (χ1) is 7.67. The van der Waals surface area contributed by atoms with Gasteiger partial charge >= 0.3 is 0 Å². The Morgan fingerprint density at radius 1 is 1.62 bits per heavy atom. The second kappa shape index (κ2) is 6.47. The van der Waals surface area contributed by atoms with Gasteiger partial charge in [0.05, 0.1) is 6.20 Å². The van der Waals surface area contributed by atoms with Crippen LogP contribution in [-0.4, -0.2) is 29.7 Å². The summed E-state index contributed by atoms with van der Waals surface area (Å²) in [6.07, 6.45) is 2.36. The Bertz CT molecular complexity index is 336. The van der Waals surface area contributed by atoms with Crippen LogP contribution >= 0.6 is 11.6 Å². The van der Waals surface area contributed by atoms with Crippen molar-refractivity contribution in [3.8, 4) is 0 Å². The van der Waals surface area contributed by atoms with E-state index in [0.717, 1.165) is 6.42 Å². The van der Waals surface area contributed by atoms with Crippen molar-refractivity contribution in [1.82, 2.24) is 9.97 Å². The summed E-state index contributed by atoms with van der Waals surface area (Å²) in [7, 11) is 1.67. The van der Waals surface area contributed by atoms with Crippen molar-refractivity contribution in [3.63, 3.8) is 0 Å². The first kappa shape index (κ1) is 13.0. The van der Waals surface area contributed by atoms with Crippen LogP contribution in [0.4, 0.5) is 11.8 Å². The highest BCUT2D eigenvalue weighted by Gasteiger charge is 2.08. The van der Waals surface area contributed by atoms with Gasteiger partial charge < -0.3 is 10.1 Å². The Kier molecular flexibility index (Phi) is 5.24. The van der Waals surface area contributed by atoms with Crippen LogP contribution in [0.2, 0.25) is 5.02 Å². The van der Waals surface area contributed by atoms with Crippen molar-refractivity contribution < 1.29 is 4.74 Å². The summed E-state index contributed by atoms with van der Waals surface area (Å²) in [6, 6.07) is 0.206. The number of hydrogen-bond acceptors (Lipinski definition) is 6. The smallest absolute Gasteiger partial charge is 0.239 e. The van der Waals surface area contributed by atoms with Gasteiger partial charge in [0.25, 0.3) is 0 Å². The molecule has 0 spiro atoms. The molecular weight excluding hydrogens is 230 g/mol. The number of anilines is 2. The number of hydrogen-bond donors (Lipinski definition) is 3. The van der Waals surface area contributed by atoms with Crippen molar-refractivity contribution >= 4 is 23.4 Å². The van der Waals surface area contributed by atoms with Crippen molar-refractivity contribution in [2.24, 2.45) is 5.84 Å². The van der Waals surface area contributed by atoms with Crippen molar-refractivity contribution in [3.05, 3.63) is 11.2 Å². The van der Waals surface area contributed by atoms with E-state index in [1.807, 2.05) is 6.92 Å². The fourth-order valence-corrected chi connectivity index (χ4v) is 1.28. The van der Waals surface area contributed by atoms with E-state index in [-0.39, 0.29) is 6.04 Å². The highest BCUT2D eigenvalue weighted by atomic mass is 35.5. The second-order valence-corrected chi connectivity index (χ2v) is 3.77. The van der Waals surface area contributed by atoms with Crippen LogP contribution in [0.25, 0.3) is 0 Å². The fraction of sp³-hybridized carbons (Fsp3) is 0.556. The molecule has 1 aromatic rings. The summed E-state index contributed by atoms with van der Waals surface area (Å²) >= 11 is 5.94. The van der Waals surface area contributed by atoms with Crippen LogP contribution in [0.5, 0.6) is 0 Å². The molecule has 1 unspecified atom stereocenters. The Morgan fingerprint density at radius 3 is 3.00 bits per heavy atom. The number of methoxy groups -OCH3 is 1. The number of hydrazine groups is 1. The summed E-state index contributed by atoms with van der Waals surface area (Å²) < 4.78 is 4.99. The molecule has 0 radical (unpaired) electrons. The Balaban J connectivity index is 2.64. The number of ether oxygens (including phenoxy) is 1. The molecule has 0 saturated heterocycles. The maximum atomic E-state index is 5.94. The van der Waals surface area contributed by atoms with Gasteiger partial charge in [-0.15, -0.1) is 0 Å². The van der Waals surface area contributed by atoms with Crippen LogP contribution < -0.4 is 16.6 Å². The molecule has 0 amide bonds. The molecule has 1 atom stereocenters.